The number of aryl methyl sites for hydroxylation is 1. The van der Waals surface area contributed by atoms with E-state index in [1.54, 1.807) is 0 Å². The van der Waals surface area contributed by atoms with E-state index in [0.29, 0.717) is 16.6 Å². The molecule has 0 fully saturated rings. The summed E-state index contributed by atoms with van der Waals surface area (Å²) < 4.78 is 41.5. The van der Waals surface area contributed by atoms with Gasteiger partial charge in [-0.25, -0.2) is 13.2 Å². The van der Waals surface area contributed by atoms with Crippen LogP contribution < -0.4 is 0 Å². The van der Waals surface area contributed by atoms with Crippen LogP contribution >= 0.6 is 15.9 Å². The quantitative estimate of drug-likeness (QED) is 0.923. The van der Waals surface area contributed by atoms with E-state index in [1.807, 2.05) is 0 Å². The van der Waals surface area contributed by atoms with Gasteiger partial charge in [-0.05, 0) is 15.9 Å². The molecule has 0 saturated heterocycles. The van der Waals surface area contributed by atoms with Gasteiger partial charge in [0.15, 0.2) is 0 Å². The van der Waals surface area contributed by atoms with Crippen molar-refractivity contribution in [2.45, 2.75) is 6.10 Å². The average molecular weight is 321 g/mol. The molecule has 18 heavy (non-hydrogen) atoms. The maximum Gasteiger partial charge on any atom is 0.135 e. The van der Waals surface area contributed by atoms with E-state index >= 15 is 0 Å². The fourth-order valence-corrected chi connectivity index (χ4v) is 2.24. The summed E-state index contributed by atoms with van der Waals surface area (Å²) in [5.74, 6) is -3.33. The van der Waals surface area contributed by atoms with Gasteiger partial charge in [-0.2, -0.15) is 5.10 Å². The highest BCUT2D eigenvalue weighted by atomic mass is 79.9. The third-order valence-corrected chi connectivity index (χ3v) is 3.12. The van der Waals surface area contributed by atoms with Crippen LogP contribution in [0.5, 0.6) is 0 Å². The summed E-state index contributed by atoms with van der Waals surface area (Å²) in [4.78, 5) is 0. The second-order valence-corrected chi connectivity index (χ2v) is 4.54. The fraction of sp³-hybridized carbons (Fsp3) is 0.182. The van der Waals surface area contributed by atoms with Crippen LogP contribution in [0.4, 0.5) is 13.2 Å². The van der Waals surface area contributed by atoms with Gasteiger partial charge in [-0.3, -0.25) is 4.68 Å². The lowest BCUT2D eigenvalue weighted by Crippen LogP contribution is -2.11. The van der Waals surface area contributed by atoms with Crippen molar-refractivity contribution in [3.8, 4) is 0 Å². The van der Waals surface area contributed by atoms with E-state index in [-0.39, 0.29) is 5.69 Å². The van der Waals surface area contributed by atoms with Crippen LogP contribution in [0.15, 0.2) is 22.8 Å². The number of benzene rings is 1. The molecule has 1 N–H and O–H groups in total. The first kappa shape index (κ1) is 13.1. The molecule has 96 valence electrons. The molecule has 2 rings (SSSR count). The average Bonchev–Trinajstić information content (AvgIpc) is 2.56. The molecule has 0 aliphatic carbocycles. The molecule has 1 aromatic carbocycles. The zero-order valence-corrected chi connectivity index (χ0v) is 10.7. The van der Waals surface area contributed by atoms with Crippen molar-refractivity contribution in [2.24, 2.45) is 7.05 Å². The third-order valence-electron chi connectivity index (χ3n) is 2.51. The lowest BCUT2D eigenvalue weighted by molar-refractivity contribution is 0.198. The third kappa shape index (κ3) is 2.15. The van der Waals surface area contributed by atoms with Gasteiger partial charge in [-0.1, -0.05) is 0 Å². The van der Waals surface area contributed by atoms with E-state index in [2.05, 4.69) is 21.0 Å². The van der Waals surface area contributed by atoms with Gasteiger partial charge in [0.2, 0.25) is 0 Å². The fourth-order valence-electron chi connectivity index (χ4n) is 1.68. The monoisotopic (exact) mass is 320 g/mol. The van der Waals surface area contributed by atoms with E-state index in [0.717, 1.165) is 0 Å². The second-order valence-electron chi connectivity index (χ2n) is 3.69. The molecule has 0 radical (unpaired) electrons. The highest BCUT2D eigenvalue weighted by Crippen LogP contribution is 2.31. The van der Waals surface area contributed by atoms with Gasteiger partial charge in [-0.15, -0.1) is 0 Å². The summed E-state index contributed by atoms with van der Waals surface area (Å²) >= 11 is 3.12. The minimum Gasteiger partial charge on any atom is -0.382 e. The summed E-state index contributed by atoms with van der Waals surface area (Å²) in [5, 5.41) is 13.8. The Morgan fingerprint density at radius 1 is 1.28 bits per heavy atom. The molecule has 1 heterocycles. The number of halogens is 4. The number of rotatable bonds is 2. The van der Waals surface area contributed by atoms with E-state index < -0.39 is 29.1 Å². The Morgan fingerprint density at radius 2 is 1.83 bits per heavy atom. The SMILES string of the molecule is Cn1ncc(Br)c1C(O)c1c(F)cc(F)cc1F. The highest BCUT2D eigenvalue weighted by molar-refractivity contribution is 9.10. The molecular weight excluding hydrogens is 313 g/mol. The van der Waals surface area contributed by atoms with Crippen molar-refractivity contribution in [2.75, 3.05) is 0 Å². The maximum absolute atomic E-state index is 13.5. The number of aromatic nitrogens is 2. The molecule has 0 aliphatic heterocycles. The van der Waals surface area contributed by atoms with Crippen LogP contribution in [0.25, 0.3) is 0 Å². The first-order valence-corrected chi connectivity index (χ1v) is 5.71. The molecule has 7 heteroatoms. The Bertz CT molecular complexity index is 557. The topological polar surface area (TPSA) is 38.0 Å². The van der Waals surface area contributed by atoms with Crippen molar-refractivity contribution in [3.05, 3.63) is 51.5 Å². The minimum atomic E-state index is -1.58. The van der Waals surface area contributed by atoms with Crippen molar-refractivity contribution in [1.82, 2.24) is 9.78 Å². The highest BCUT2D eigenvalue weighted by Gasteiger charge is 2.25. The molecule has 1 unspecified atom stereocenters. The smallest absolute Gasteiger partial charge is 0.135 e. The van der Waals surface area contributed by atoms with Gasteiger partial charge < -0.3 is 5.11 Å². The van der Waals surface area contributed by atoms with E-state index in [4.69, 9.17) is 0 Å². The lowest BCUT2D eigenvalue weighted by atomic mass is 10.1. The van der Waals surface area contributed by atoms with Gasteiger partial charge in [0.05, 0.1) is 21.9 Å². The summed E-state index contributed by atoms with van der Waals surface area (Å²) in [7, 11) is 1.52. The molecule has 0 bridgehead atoms. The normalized spacial score (nSPS) is 12.8. The van der Waals surface area contributed by atoms with Crippen molar-refractivity contribution >= 4 is 15.9 Å². The number of aliphatic hydroxyl groups is 1. The number of hydrogen-bond donors (Lipinski definition) is 1. The number of hydrogen-bond acceptors (Lipinski definition) is 2. The van der Waals surface area contributed by atoms with Gasteiger partial charge in [0, 0.05) is 19.2 Å². The summed E-state index contributed by atoms with van der Waals surface area (Å²) in [6, 6.07) is 1.04. The van der Waals surface area contributed by atoms with Crippen molar-refractivity contribution in [1.29, 1.82) is 0 Å². The first-order chi connectivity index (χ1) is 8.41. The van der Waals surface area contributed by atoms with Gasteiger partial charge >= 0.3 is 0 Å². The zero-order valence-electron chi connectivity index (χ0n) is 9.16. The lowest BCUT2D eigenvalue weighted by Gasteiger charge is -2.14. The summed E-state index contributed by atoms with van der Waals surface area (Å²) in [6.45, 7) is 0. The van der Waals surface area contributed by atoms with Crippen LogP contribution in [-0.2, 0) is 7.05 Å². The molecule has 3 nitrogen and oxygen atoms in total. The first-order valence-electron chi connectivity index (χ1n) is 4.91. The van der Waals surface area contributed by atoms with E-state index in [1.165, 1.54) is 17.9 Å². The number of nitrogens with zero attached hydrogens (tertiary/aromatic N) is 2. The molecule has 0 saturated carbocycles. The van der Waals surface area contributed by atoms with Crippen LogP contribution in [0.3, 0.4) is 0 Å². The second kappa shape index (κ2) is 4.74. The molecule has 1 atom stereocenters. The zero-order chi connectivity index (χ0) is 13.4. The summed E-state index contributed by atoms with van der Waals surface area (Å²) in [5.41, 5.74) is -0.430. The Kier molecular flexibility index (Phi) is 3.45. The molecule has 0 amide bonds. The number of aliphatic hydroxyl groups excluding tert-OH is 1. The van der Waals surface area contributed by atoms with Crippen molar-refractivity contribution < 1.29 is 18.3 Å². The molecule has 0 spiro atoms. The Labute approximate surface area is 109 Å². The molecular formula is C11H8BrF3N2O. The Morgan fingerprint density at radius 3 is 2.28 bits per heavy atom. The molecule has 1 aromatic heterocycles. The predicted molar refractivity (Wildman–Crippen MR) is 61.3 cm³/mol. The van der Waals surface area contributed by atoms with Crippen LogP contribution in [0.2, 0.25) is 0 Å². The molecule has 2 aromatic rings. The maximum atomic E-state index is 13.5. The predicted octanol–water partition coefficient (Wildman–Crippen LogP) is 2.68. The molecule has 0 aliphatic rings. The van der Waals surface area contributed by atoms with Crippen LogP contribution in [0, 0.1) is 17.5 Å². The summed E-state index contributed by atoms with van der Waals surface area (Å²) in [6.07, 6.45) is -0.190. The largest absolute Gasteiger partial charge is 0.382 e. The van der Waals surface area contributed by atoms with E-state index in [9.17, 15) is 18.3 Å². The Balaban J connectivity index is 2.56. The van der Waals surface area contributed by atoms with Crippen molar-refractivity contribution in [3.63, 3.8) is 0 Å². The minimum absolute atomic E-state index is 0.180. The van der Waals surface area contributed by atoms with Crippen LogP contribution in [0.1, 0.15) is 17.4 Å². The standard InChI is InChI=1S/C11H8BrF3N2O/c1-17-10(6(12)4-16-17)11(18)9-7(14)2-5(13)3-8(9)15/h2-4,11,18H,1H3. The van der Waals surface area contributed by atoms with Gasteiger partial charge in [0.1, 0.15) is 23.6 Å². The Hall–Kier alpha value is -1.34. The van der Waals surface area contributed by atoms with Gasteiger partial charge in [0.25, 0.3) is 0 Å². The van der Waals surface area contributed by atoms with Crippen LogP contribution in [-0.4, -0.2) is 14.9 Å².